The van der Waals surface area contributed by atoms with Gasteiger partial charge < -0.3 is 5.11 Å². The van der Waals surface area contributed by atoms with Crippen LogP contribution in [0.1, 0.15) is 21.5 Å². The van der Waals surface area contributed by atoms with Crippen LogP contribution in [0, 0.1) is 17.0 Å². The molecule has 7 heteroatoms. The lowest BCUT2D eigenvalue weighted by Gasteiger charge is -2.02. The van der Waals surface area contributed by atoms with Gasteiger partial charge in [0.2, 0.25) is 0 Å². The number of rotatable bonds is 4. The number of amides is 1. The maximum Gasteiger partial charge on any atom is 0.273 e. The van der Waals surface area contributed by atoms with Gasteiger partial charge in [-0.05, 0) is 42.8 Å². The SMILES string of the molecule is Cc1ccc(C(=O)NN=Cc2ccc(O)cc2)cc1[N+](=O)[O-]. The number of benzene rings is 2. The van der Waals surface area contributed by atoms with Crippen LogP contribution < -0.4 is 5.43 Å². The van der Waals surface area contributed by atoms with Crippen molar-refractivity contribution in [2.75, 3.05) is 0 Å². The van der Waals surface area contributed by atoms with E-state index in [0.717, 1.165) is 0 Å². The third-order valence-electron chi connectivity index (χ3n) is 2.94. The van der Waals surface area contributed by atoms with Gasteiger partial charge >= 0.3 is 0 Å². The number of nitro groups is 1. The van der Waals surface area contributed by atoms with Gasteiger partial charge in [-0.2, -0.15) is 5.10 Å². The van der Waals surface area contributed by atoms with Crippen molar-refractivity contribution in [3.05, 3.63) is 69.3 Å². The van der Waals surface area contributed by atoms with Gasteiger partial charge in [0, 0.05) is 17.2 Å². The highest BCUT2D eigenvalue weighted by molar-refractivity contribution is 5.95. The summed E-state index contributed by atoms with van der Waals surface area (Å²) in [5.74, 6) is -0.411. The van der Waals surface area contributed by atoms with Crippen molar-refractivity contribution >= 4 is 17.8 Å². The van der Waals surface area contributed by atoms with Gasteiger partial charge in [0.25, 0.3) is 11.6 Å². The topological polar surface area (TPSA) is 105 Å². The van der Waals surface area contributed by atoms with Crippen molar-refractivity contribution in [1.29, 1.82) is 0 Å². The van der Waals surface area contributed by atoms with Gasteiger partial charge in [-0.3, -0.25) is 14.9 Å². The Bertz CT molecular complexity index is 739. The molecule has 0 aliphatic rings. The number of carbonyl (C=O) groups is 1. The van der Waals surface area contributed by atoms with Crippen molar-refractivity contribution in [2.45, 2.75) is 6.92 Å². The second-order valence-corrected chi connectivity index (χ2v) is 4.55. The minimum absolute atomic E-state index is 0.116. The van der Waals surface area contributed by atoms with Crippen LogP contribution in [0.25, 0.3) is 0 Å². The first-order valence-electron chi connectivity index (χ1n) is 6.35. The van der Waals surface area contributed by atoms with Crippen molar-refractivity contribution in [3.63, 3.8) is 0 Å². The van der Waals surface area contributed by atoms with Gasteiger partial charge in [0.05, 0.1) is 11.1 Å². The quantitative estimate of drug-likeness (QED) is 0.513. The van der Waals surface area contributed by atoms with Crippen LogP contribution in [0.2, 0.25) is 0 Å². The number of hydrogen-bond donors (Lipinski definition) is 2. The highest BCUT2D eigenvalue weighted by atomic mass is 16.6. The first kappa shape index (κ1) is 15.2. The van der Waals surface area contributed by atoms with Crippen LogP contribution in [0.4, 0.5) is 5.69 Å². The standard InChI is InChI=1S/C15H13N3O4/c1-10-2-5-12(8-14(10)18(21)22)15(20)17-16-9-11-3-6-13(19)7-4-11/h2-9,19H,1H3,(H,17,20). The fourth-order valence-corrected chi connectivity index (χ4v) is 1.74. The fourth-order valence-electron chi connectivity index (χ4n) is 1.74. The summed E-state index contributed by atoms with van der Waals surface area (Å²) < 4.78 is 0. The highest BCUT2D eigenvalue weighted by Gasteiger charge is 2.14. The summed E-state index contributed by atoms with van der Waals surface area (Å²) in [6, 6.07) is 10.5. The molecule has 0 saturated heterocycles. The maximum absolute atomic E-state index is 11.9. The van der Waals surface area contributed by atoms with Crippen molar-refractivity contribution in [3.8, 4) is 5.75 Å². The highest BCUT2D eigenvalue weighted by Crippen LogP contribution is 2.19. The van der Waals surface area contributed by atoms with E-state index in [0.29, 0.717) is 11.1 Å². The summed E-state index contributed by atoms with van der Waals surface area (Å²) in [5.41, 5.74) is 3.50. The third-order valence-corrected chi connectivity index (χ3v) is 2.94. The molecular weight excluding hydrogens is 286 g/mol. The number of nitro benzene ring substituents is 1. The summed E-state index contributed by atoms with van der Waals surface area (Å²) in [4.78, 5) is 22.2. The van der Waals surface area contributed by atoms with Gasteiger partial charge in [-0.15, -0.1) is 0 Å². The van der Waals surface area contributed by atoms with Crippen LogP contribution in [0.3, 0.4) is 0 Å². The molecule has 2 rings (SSSR count). The van der Waals surface area contributed by atoms with E-state index in [-0.39, 0.29) is 17.0 Å². The molecule has 2 N–H and O–H groups in total. The Balaban J connectivity index is 2.08. The van der Waals surface area contributed by atoms with Gasteiger partial charge in [-0.1, -0.05) is 6.07 Å². The number of hydrazone groups is 1. The molecule has 0 bridgehead atoms. The zero-order valence-corrected chi connectivity index (χ0v) is 11.7. The first-order chi connectivity index (χ1) is 10.5. The lowest BCUT2D eigenvalue weighted by atomic mass is 10.1. The molecule has 0 aliphatic carbocycles. The van der Waals surface area contributed by atoms with Crippen LogP contribution in [-0.2, 0) is 0 Å². The number of phenols is 1. The Labute approximate surface area is 126 Å². The fraction of sp³-hybridized carbons (Fsp3) is 0.0667. The third kappa shape index (κ3) is 3.66. The minimum Gasteiger partial charge on any atom is -0.508 e. The lowest BCUT2D eigenvalue weighted by molar-refractivity contribution is -0.385. The number of nitrogens with zero attached hydrogens (tertiary/aromatic N) is 2. The summed E-state index contributed by atoms with van der Waals surface area (Å²) in [6.45, 7) is 1.60. The molecule has 2 aromatic rings. The molecule has 2 aromatic carbocycles. The number of hydrogen-bond acceptors (Lipinski definition) is 5. The number of carbonyl (C=O) groups excluding carboxylic acids is 1. The van der Waals surface area contributed by atoms with Crippen LogP contribution in [0.5, 0.6) is 5.75 Å². The molecule has 112 valence electrons. The molecule has 0 heterocycles. The Kier molecular flexibility index (Phi) is 4.47. The molecule has 0 fully saturated rings. The van der Waals surface area contributed by atoms with E-state index in [1.54, 1.807) is 19.1 Å². The van der Waals surface area contributed by atoms with Crippen LogP contribution in [0.15, 0.2) is 47.6 Å². The smallest absolute Gasteiger partial charge is 0.273 e. The van der Waals surface area contributed by atoms with E-state index < -0.39 is 10.8 Å². The Hall–Kier alpha value is -3.22. The van der Waals surface area contributed by atoms with Gasteiger partial charge in [-0.25, -0.2) is 5.43 Å². The minimum atomic E-state index is -0.543. The zero-order valence-electron chi connectivity index (χ0n) is 11.7. The molecule has 0 radical (unpaired) electrons. The van der Waals surface area contributed by atoms with Gasteiger partial charge in [0.15, 0.2) is 0 Å². The van der Waals surface area contributed by atoms with Crippen LogP contribution >= 0.6 is 0 Å². The normalized spacial score (nSPS) is 10.6. The molecule has 0 aliphatic heterocycles. The zero-order chi connectivity index (χ0) is 16.1. The molecule has 0 saturated carbocycles. The largest absolute Gasteiger partial charge is 0.508 e. The molecular formula is C15H13N3O4. The van der Waals surface area contributed by atoms with Crippen molar-refractivity contribution in [1.82, 2.24) is 5.43 Å². The molecule has 0 atom stereocenters. The lowest BCUT2D eigenvalue weighted by Crippen LogP contribution is -2.17. The molecule has 0 spiro atoms. The number of nitrogens with one attached hydrogen (secondary N) is 1. The summed E-state index contributed by atoms with van der Waals surface area (Å²) in [7, 11) is 0. The van der Waals surface area contributed by atoms with E-state index in [1.807, 2.05) is 0 Å². The molecule has 7 nitrogen and oxygen atoms in total. The second-order valence-electron chi connectivity index (χ2n) is 4.55. The van der Waals surface area contributed by atoms with E-state index in [2.05, 4.69) is 10.5 Å². The first-order valence-corrected chi connectivity index (χ1v) is 6.35. The Morgan fingerprint density at radius 2 is 1.95 bits per heavy atom. The number of phenolic OH excluding ortho intramolecular Hbond substituents is 1. The molecule has 0 aromatic heterocycles. The Morgan fingerprint density at radius 3 is 2.59 bits per heavy atom. The predicted octanol–water partition coefficient (Wildman–Crippen LogP) is 2.37. The van der Waals surface area contributed by atoms with Gasteiger partial charge in [0.1, 0.15) is 5.75 Å². The average Bonchev–Trinajstić information content (AvgIpc) is 2.49. The van der Waals surface area contributed by atoms with E-state index >= 15 is 0 Å². The average molecular weight is 299 g/mol. The molecule has 1 amide bonds. The predicted molar refractivity (Wildman–Crippen MR) is 81.0 cm³/mol. The monoisotopic (exact) mass is 299 g/mol. The summed E-state index contributed by atoms with van der Waals surface area (Å²) in [5, 5.41) is 23.8. The van der Waals surface area contributed by atoms with E-state index in [9.17, 15) is 14.9 Å². The molecule has 0 unspecified atom stereocenters. The van der Waals surface area contributed by atoms with Crippen molar-refractivity contribution in [2.24, 2.45) is 5.10 Å². The summed E-state index contributed by atoms with van der Waals surface area (Å²) in [6.07, 6.45) is 1.40. The number of aromatic hydroxyl groups is 1. The second kappa shape index (κ2) is 6.49. The van der Waals surface area contributed by atoms with Crippen LogP contribution in [-0.4, -0.2) is 22.2 Å². The summed E-state index contributed by atoms with van der Waals surface area (Å²) >= 11 is 0. The van der Waals surface area contributed by atoms with Crippen molar-refractivity contribution < 1.29 is 14.8 Å². The Morgan fingerprint density at radius 1 is 1.27 bits per heavy atom. The van der Waals surface area contributed by atoms with E-state index in [4.69, 9.17) is 5.11 Å². The van der Waals surface area contributed by atoms with E-state index in [1.165, 1.54) is 36.5 Å². The number of aryl methyl sites for hydroxylation is 1. The molecule has 22 heavy (non-hydrogen) atoms. The maximum atomic E-state index is 11.9.